The minimum Gasteiger partial charge on any atom is -0.368 e. The van der Waals surface area contributed by atoms with Crippen molar-refractivity contribution in [2.24, 2.45) is 5.92 Å². The molecule has 2 amide bonds. The Balaban J connectivity index is 1.56. The van der Waals surface area contributed by atoms with Gasteiger partial charge in [0.2, 0.25) is 11.8 Å². The van der Waals surface area contributed by atoms with Crippen molar-refractivity contribution in [2.45, 2.75) is 45.4 Å². The lowest BCUT2D eigenvalue weighted by molar-refractivity contribution is -0.122. The molecule has 178 valence electrons. The first-order chi connectivity index (χ1) is 16.0. The van der Waals surface area contributed by atoms with Crippen LogP contribution in [-0.4, -0.2) is 48.0 Å². The summed E-state index contributed by atoms with van der Waals surface area (Å²) in [5.41, 5.74) is 0.841. The Morgan fingerprint density at radius 3 is 2.12 bits per heavy atom. The number of carbonyl (C=O) groups is 2. The third kappa shape index (κ3) is 8.88. The van der Waals surface area contributed by atoms with Gasteiger partial charge >= 0.3 is 0 Å². The molecule has 1 aliphatic carbocycles. The van der Waals surface area contributed by atoms with Crippen LogP contribution in [0.1, 0.15) is 45.4 Å². The van der Waals surface area contributed by atoms with Gasteiger partial charge in [0.05, 0.1) is 0 Å². The number of halogens is 1. The molecule has 1 heterocycles. The second kappa shape index (κ2) is 13.0. The normalized spacial score (nSPS) is 13.9. The zero-order chi connectivity index (χ0) is 23.5. The number of carbonyl (C=O) groups excluding carboxylic acids is 2. The zero-order valence-corrected chi connectivity index (χ0v) is 19.9. The van der Waals surface area contributed by atoms with Crippen molar-refractivity contribution < 1.29 is 9.59 Å². The first kappa shape index (κ1) is 24.8. The lowest BCUT2D eigenvalue weighted by atomic mass is 9.87. The van der Waals surface area contributed by atoms with Crippen molar-refractivity contribution in [1.29, 1.82) is 0 Å². The Labute approximate surface area is 200 Å². The molecule has 0 unspecified atom stereocenters. The Morgan fingerprint density at radius 2 is 1.52 bits per heavy atom. The van der Waals surface area contributed by atoms with Gasteiger partial charge < -0.3 is 21.3 Å². The maximum Gasteiger partial charge on any atom is 0.220 e. The van der Waals surface area contributed by atoms with Crippen LogP contribution in [0.2, 0.25) is 5.02 Å². The molecule has 1 aromatic heterocycles. The summed E-state index contributed by atoms with van der Waals surface area (Å²) in [5.74, 6) is 2.42. The van der Waals surface area contributed by atoms with Crippen LogP contribution < -0.4 is 21.3 Å². The fourth-order valence-electron chi connectivity index (χ4n) is 3.90. The number of nitrogens with one attached hydrogen (secondary N) is 4. The molecule has 0 bridgehead atoms. The largest absolute Gasteiger partial charge is 0.368 e. The van der Waals surface area contributed by atoms with Crippen LogP contribution in [0.4, 0.5) is 11.6 Å². The predicted molar refractivity (Wildman–Crippen MR) is 132 cm³/mol. The van der Waals surface area contributed by atoms with Crippen LogP contribution in [0.5, 0.6) is 0 Å². The van der Waals surface area contributed by atoms with Crippen molar-refractivity contribution >= 4 is 35.1 Å². The summed E-state index contributed by atoms with van der Waals surface area (Å²) in [6.07, 6.45) is 6.73. The summed E-state index contributed by atoms with van der Waals surface area (Å²) in [6, 6.07) is 9.15. The molecule has 4 N–H and O–H groups in total. The lowest BCUT2D eigenvalue weighted by Gasteiger charge is -2.20. The number of benzene rings is 1. The summed E-state index contributed by atoms with van der Waals surface area (Å²) in [7, 11) is 0. The lowest BCUT2D eigenvalue weighted by Crippen LogP contribution is -2.30. The Bertz CT molecular complexity index is 916. The quantitative estimate of drug-likeness (QED) is 0.370. The minimum atomic E-state index is -0.0748. The molecule has 1 aliphatic rings. The van der Waals surface area contributed by atoms with E-state index in [1.54, 1.807) is 12.1 Å². The standard InChI is InChI=1S/C24H33ClN6O2/c1-17(32)26-11-12-27-21-16-22(31-24(30-21)19-7-9-20(25)10-8-19)28-13-14-29-23(33)15-18-5-3-2-4-6-18/h7-10,16,18H,2-6,11-15H2,1H3,(H,26,32)(H,29,33)(H2,27,28,30,31). The highest BCUT2D eigenvalue weighted by atomic mass is 35.5. The van der Waals surface area contributed by atoms with E-state index in [9.17, 15) is 9.59 Å². The number of nitrogens with zero attached hydrogens (tertiary/aromatic N) is 2. The molecule has 1 saturated carbocycles. The minimum absolute atomic E-state index is 0.0748. The van der Waals surface area contributed by atoms with E-state index in [1.807, 2.05) is 18.2 Å². The molecule has 0 spiro atoms. The van der Waals surface area contributed by atoms with E-state index in [4.69, 9.17) is 11.6 Å². The maximum atomic E-state index is 12.2. The second-order valence-electron chi connectivity index (χ2n) is 8.36. The fraction of sp³-hybridized carbons (Fsp3) is 0.500. The van der Waals surface area contributed by atoms with Gasteiger partial charge in [-0.05, 0) is 43.0 Å². The summed E-state index contributed by atoms with van der Waals surface area (Å²) in [6.45, 7) is 3.59. The maximum absolute atomic E-state index is 12.2. The van der Waals surface area contributed by atoms with Crippen molar-refractivity contribution in [3.05, 3.63) is 35.4 Å². The molecule has 0 aliphatic heterocycles. The van der Waals surface area contributed by atoms with Crippen LogP contribution in [0.25, 0.3) is 11.4 Å². The van der Waals surface area contributed by atoms with E-state index in [2.05, 4.69) is 31.2 Å². The van der Waals surface area contributed by atoms with Gasteiger partial charge in [-0.25, -0.2) is 9.97 Å². The number of hydrogen-bond donors (Lipinski definition) is 4. The number of anilines is 2. The molecule has 33 heavy (non-hydrogen) atoms. The van der Waals surface area contributed by atoms with E-state index in [0.29, 0.717) is 61.0 Å². The van der Waals surface area contributed by atoms with E-state index >= 15 is 0 Å². The van der Waals surface area contributed by atoms with Crippen molar-refractivity contribution in [3.63, 3.8) is 0 Å². The SMILES string of the molecule is CC(=O)NCCNc1cc(NCCNC(=O)CC2CCCCC2)nc(-c2ccc(Cl)cc2)n1. The monoisotopic (exact) mass is 472 g/mol. The highest BCUT2D eigenvalue weighted by Crippen LogP contribution is 2.26. The van der Waals surface area contributed by atoms with Crippen LogP contribution >= 0.6 is 11.6 Å². The zero-order valence-electron chi connectivity index (χ0n) is 19.1. The van der Waals surface area contributed by atoms with E-state index in [-0.39, 0.29) is 11.8 Å². The van der Waals surface area contributed by atoms with Gasteiger partial charge in [0.25, 0.3) is 0 Å². The molecule has 0 atom stereocenters. The van der Waals surface area contributed by atoms with E-state index < -0.39 is 0 Å². The van der Waals surface area contributed by atoms with Gasteiger partial charge in [-0.3, -0.25) is 9.59 Å². The van der Waals surface area contributed by atoms with Gasteiger partial charge in [0, 0.05) is 56.2 Å². The van der Waals surface area contributed by atoms with Crippen LogP contribution in [-0.2, 0) is 9.59 Å². The molecular formula is C24H33ClN6O2. The third-order valence-electron chi connectivity index (χ3n) is 5.59. The first-order valence-corrected chi connectivity index (χ1v) is 12.0. The van der Waals surface area contributed by atoms with Crippen molar-refractivity contribution in [1.82, 2.24) is 20.6 Å². The molecule has 9 heteroatoms. The summed E-state index contributed by atoms with van der Waals surface area (Å²) >= 11 is 6.01. The van der Waals surface area contributed by atoms with E-state index in [0.717, 1.165) is 18.4 Å². The summed E-state index contributed by atoms with van der Waals surface area (Å²) in [5, 5.41) is 12.9. The number of aromatic nitrogens is 2. The van der Waals surface area contributed by atoms with Gasteiger partial charge in [-0.1, -0.05) is 30.9 Å². The van der Waals surface area contributed by atoms with Gasteiger partial charge in [-0.15, -0.1) is 0 Å². The average molecular weight is 473 g/mol. The molecule has 2 aromatic rings. The molecule has 1 fully saturated rings. The smallest absolute Gasteiger partial charge is 0.220 e. The Morgan fingerprint density at radius 1 is 0.909 bits per heavy atom. The molecule has 8 nitrogen and oxygen atoms in total. The van der Waals surface area contributed by atoms with Crippen LogP contribution in [0.3, 0.4) is 0 Å². The second-order valence-corrected chi connectivity index (χ2v) is 8.80. The molecular weight excluding hydrogens is 440 g/mol. The fourth-order valence-corrected chi connectivity index (χ4v) is 4.03. The van der Waals surface area contributed by atoms with Crippen LogP contribution in [0.15, 0.2) is 30.3 Å². The first-order valence-electron chi connectivity index (χ1n) is 11.6. The summed E-state index contributed by atoms with van der Waals surface area (Å²) < 4.78 is 0. The number of rotatable bonds is 11. The van der Waals surface area contributed by atoms with E-state index in [1.165, 1.54) is 26.2 Å². The number of amides is 2. The van der Waals surface area contributed by atoms with Crippen LogP contribution in [0, 0.1) is 5.92 Å². The van der Waals surface area contributed by atoms with Crippen molar-refractivity contribution in [3.8, 4) is 11.4 Å². The average Bonchev–Trinajstić information content (AvgIpc) is 2.80. The van der Waals surface area contributed by atoms with Gasteiger partial charge in [0.15, 0.2) is 5.82 Å². The van der Waals surface area contributed by atoms with Gasteiger partial charge in [-0.2, -0.15) is 0 Å². The Kier molecular flexibility index (Phi) is 9.75. The molecule has 0 saturated heterocycles. The highest BCUT2D eigenvalue weighted by molar-refractivity contribution is 6.30. The number of hydrogen-bond acceptors (Lipinski definition) is 6. The molecule has 0 radical (unpaired) electrons. The topological polar surface area (TPSA) is 108 Å². The predicted octanol–water partition coefficient (Wildman–Crippen LogP) is 3.84. The third-order valence-corrected chi connectivity index (χ3v) is 5.84. The highest BCUT2D eigenvalue weighted by Gasteiger charge is 2.16. The molecule has 1 aromatic carbocycles. The summed E-state index contributed by atoms with van der Waals surface area (Å²) in [4.78, 5) is 32.5. The van der Waals surface area contributed by atoms with Crippen molar-refractivity contribution in [2.75, 3.05) is 36.8 Å². The van der Waals surface area contributed by atoms with Gasteiger partial charge in [0.1, 0.15) is 11.6 Å². The Hall–Kier alpha value is -2.87. The molecule has 3 rings (SSSR count).